The van der Waals surface area contributed by atoms with Gasteiger partial charge in [-0.25, -0.2) is 0 Å². The third-order valence-electron chi connectivity index (χ3n) is 4.19. The Bertz CT molecular complexity index is 444. The first-order chi connectivity index (χ1) is 9.29. The fourth-order valence-electron chi connectivity index (χ4n) is 3.15. The lowest BCUT2D eigenvalue weighted by Crippen LogP contribution is -2.48. The van der Waals surface area contributed by atoms with Gasteiger partial charge < -0.3 is 14.8 Å². The first-order valence-corrected chi connectivity index (χ1v) is 6.99. The van der Waals surface area contributed by atoms with E-state index in [1.54, 1.807) is 7.11 Å². The van der Waals surface area contributed by atoms with E-state index in [9.17, 15) is 0 Å². The second-order valence-electron chi connectivity index (χ2n) is 5.35. The number of fused-ring (bicyclic) bond motifs is 1. The van der Waals surface area contributed by atoms with E-state index in [4.69, 9.17) is 9.47 Å². The molecule has 1 aromatic carbocycles. The third kappa shape index (κ3) is 2.48. The van der Waals surface area contributed by atoms with Gasteiger partial charge in [-0.2, -0.15) is 0 Å². The molecule has 1 saturated heterocycles. The van der Waals surface area contributed by atoms with Crippen LogP contribution < -0.4 is 10.1 Å². The van der Waals surface area contributed by atoms with Crippen molar-refractivity contribution in [3.63, 3.8) is 0 Å². The number of hydrogen-bond donors (Lipinski definition) is 1. The highest BCUT2D eigenvalue weighted by molar-refractivity contribution is 5.40. The van der Waals surface area contributed by atoms with Crippen molar-refractivity contribution < 1.29 is 9.47 Å². The van der Waals surface area contributed by atoms with Gasteiger partial charge in [0.2, 0.25) is 0 Å². The van der Waals surface area contributed by atoms with Crippen molar-refractivity contribution in [1.82, 2.24) is 10.2 Å². The van der Waals surface area contributed by atoms with Crippen molar-refractivity contribution in [2.45, 2.75) is 18.6 Å². The number of likely N-dealkylation sites (N-methyl/N-ethyl adjacent to an activating group) is 1. The molecule has 0 saturated carbocycles. The minimum absolute atomic E-state index is 0.227. The van der Waals surface area contributed by atoms with Crippen molar-refractivity contribution in [3.05, 3.63) is 29.3 Å². The molecule has 1 aromatic rings. The summed E-state index contributed by atoms with van der Waals surface area (Å²) >= 11 is 0. The van der Waals surface area contributed by atoms with Crippen molar-refractivity contribution in [3.8, 4) is 5.75 Å². The van der Waals surface area contributed by atoms with Gasteiger partial charge in [0.15, 0.2) is 0 Å². The summed E-state index contributed by atoms with van der Waals surface area (Å²) in [6.45, 7) is 3.77. The number of benzene rings is 1. The summed E-state index contributed by atoms with van der Waals surface area (Å²) in [7, 11) is 3.91. The Morgan fingerprint density at radius 1 is 1.42 bits per heavy atom. The van der Waals surface area contributed by atoms with Gasteiger partial charge in [0.05, 0.1) is 25.9 Å². The fraction of sp³-hybridized carbons (Fsp3) is 0.600. The Labute approximate surface area is 114 Å². The zero-order chi connectivity index (χ0) is 13.2. The lowest BCUT2D eigenvalue weighted by Gasteiger charge is -2.41. The van der Waals surface area contributed by atoms with Crippen LogP contribution in [0.15, 0.2) is 18.2 Å². The SMILES string of the molecule is COc1ccc2c(c1)C(C1CNCCO1)N(C)CC2. The van der Waals surface area contributed by atoms with Crippen molar-refractivity contribution in [1.29, 1.82) is 0 Å². The van der Waals surface area contributed by atoms with Crippen LogP contribution in [0.25, 0.3) is 0 Å². The molecule has 2 aliphatic heterocycles. The summed E-state index contributed by atoms with van der Waals surface area (Å²) < 4.78 is 11.3. The molecule has 1 N–H and O–H groups in total. The topological polar surface area (TPSA) is 33.7 Å². The zero-order valence-corrected chi connectivity index (χ0v) is 11.7. The fourth-order valence-corrected chi connectivity index (χ4v) is 3.15. The van der Waals surface area contributed by atoms with E-state index < -0.39 is 0 Å². The smallest absolute Gasteiger partial charge is 0.119 e. The van der Waals surface area contributed by atoms with Gasteiger partial charge in [0.25, 0.3) is 0 Å². The first kappa shape index (κ1) is 12.9. The van der Waals surface area contributed by atoms with Crippen LogP contribution in [0.1, 0.15) is 17.2 Å². The minimum Gasteiger partial charge on any atom is -0.497 e. The molecule has 0 radical (unpaired) electrons. The zero-order valence-electron chi connectivity index (χ0n) is 11.7. The van der Waals surface area contributed by atoms with Crippen LogP contribution >= 0.6 is 0 Å². The van der Waals surface area contributed by atoms with Gasteiger partial charge in [-0.05, 0) is 36.7 Å². The molecule has 0 bridgehead atoms. The van der Waals surface area contributed by atoms with Crippen LogP contribution in [0.4, 0.5) is 0 Å². The molecular formula is C15H22N2O2. The highest BCUT2D eigenvalue weighted by atomic mass is 16.5. The Hall–Kier alpha value is -1.10. The van der Waals surface area contributed by atoms with Crippen molar-refractivity contribution in [2.75, 3.05) is 40.4 Å². The van der Waals surface area contributed by atoms with Crippen LogP contribution in [0.5, 0.6) is 5.75 Å². The third-order valence-corrected chi connectivity index (χ3v) is 4.19. The van der Waals surface area contributed by atoms with Gasteiger partial charge >= 0.3 is 0 Å². The molecule has 104 valence electrons. The summed E-state index contributed by atoms with van der Waals surface area (Å²) in [6, 6.07) is 6.76. The predicted octanol–water partition coefficient (Wildman–Crippen LogP) is 1.21. The van der Waals surface area contributed by atoms with E-state index in [1.807, 2.05) is 0 Å². The molecular weight excluding hydrogens is 240 g/mol. The quantitative estimate of drug-likeness (QED) is 0.869. The summed E-state index contributed by atoms with van der Waals surface area (Å²) in [6.07, 6.45) is 1.33. The molecule has 4 nitrogen and oxygen atoms in total. The predicted molar refractivity (Wildman–Crippen MR) is 74.7 cm³/mol. The van der Waals surface area contributed by atoms with Gasteiger partial charge in [0.1, 0.15) is 5.75 Å². The molecule has 0 aliphatic carbocycles. The lowest BCUT2D eigenvalue weighted by atomic mass is 9.89. The van der Waals surface area contributed by atoms with E-state index in [0.717, 1.165) is 38.4 Å². The largest absolute Gasteiger partial charge is 0.497 e. The number of methoxy groups -OCH3 is 1. The second-order valence-corrected chi connectivity index (χ2v) is 5.35. The molecule has 19 heavy (non-hydrogen) atoms. The standard InChI is InChI=1S/C15H22N2O2/c1-17-7-5-11-3-4-12(18-2)9-13(11)15(17)14-10-16-6-8-19-14/h3-4,9,14-16H,5-8,10H2,1-2H3. The highest BCUT2D eigenvalue weighted by Crippen LogP contribution is 2.35. The van der Waals surface area contributed by atoms with Crippen molar-refractivity contribution >= 4 is 0 Å². The molecule has 1 fully saturated rings. The van der Waals surface area contributed by atoms with Gasteiger partial charge in [0, 0.05) is 19.6 Å². The first-order valence-electron chi connectivity index (χ1n) is 6.99. The molecule has 0 amide bonds. The maximum absolute atomic E-state index is 5.97. The van der Waals surface area contributed by atoms with Crippen LogP contribution in [-0.2, 0) is 11.2 Å². The van der Waals surface area contributed by atoms with Crippen LogP contribution in [0.2, 0.25) is 0 Å². The van der Waals surface area contributed by atoms with E-state index in [2.05, 4.69) is 35.5 Å². The van der Waals surface area contributed by atoms with E-state index in [1.165, 1.54) is 11.1 Å². The maximum Gasteiger partial charge on any atom is 0.119 e. The number of ether oxygens (including phenoxy) is 2. The molecule has 4 heteroatoms. The average molecular weight is 262 g/mol. The Morgan fingerprint density at radius 2 is 2.32 bits per heavy atom. The average Bonchev–Trinajstić information content (AvgIpc) is 2.47. The van der Waals surface area contributed by atoms with E-state index in [0.29, 0.717) is 6.04 Å². The summed E-state index contributed by atoms with van der Waals surface area (Å²) in [5.74, 6) is 0.933. The minimum atomic E-state index is 0.227. The van der Waals surface area contributed by atoms with Gasteiger partial charge in [-0.3, -0.25) is 4.90 Å². The maximum atomic E-state index is 5.97. The molecule has 2 unspecified atom stereocenters. The number of nitrogens with one attached hydrogen (secondary N) is 1. The molecule has 2 aliphatic rings. The van der Waals surface area contributed by atoms with Crippen molar-refractivity contribution in [2.24, 2.45) is 0 Å². The Balaban J connectivity index is 1.94. The number of morpholine rings is 1. The molecule has 0 aromatic heterocycles. The highest BCUT2D eigenvalue weighted by Gasteiger charge is 2.33. The molecule has 3 rings (SSSR count). The van der Waals surface area contributed by atoms with E-state index in [-0.39, 0.29) is 6.10 Å². The number of nitrogens with zero attached hydrogens (tertiary/aromatic N) is 1. The summed E-state index contributed by atoms with van der Waals surface area (Å²) in [5, 5.41) is 3.43. The second kappa shape index (κ2) is 5.49. The monoisotopic (exact) mass is 262 g/mol. The normalized spacial score (nSPS) is 27.9. The molecule has 0 spiro atoms. The lowest BCUT2D eigenvalue weighted by molar-refractivity contribution is -0.0297. The van der Waals surface area contributed by atoms with E-state index >= 15 is 0 Å². The van der Waals surface area contributed by atoms with Gasteiger partial charge in [-0.15, -0.1) is 0 Å². The van der Waals surface area contributed by atoms with Gasteiger partial charge in [-0.1, -0.05) is 6.07 Å². The molecule has 2 heterocycles. The number of hydrogen-bond acceptors (Lipinski definition) is 4. The summed E-state index contributed by atoms with van der Waals surface area (Å²) in [5.41, 5.74) is 2.79. The summed E-state index contributed by atoms with van der Waals surface area (Å²) in [4.78, 5) is 2.40. The van der Waals surface area contributed by atoms with Crippen LogP contribution in [0, 0.1) is 0 Å². The van der Waals surface area contributed by atoms with Crippen LogP contribution in [0.3, 0.4) is 0 Å². The Kier molecular flexibility index (Phi) is 3.73. The van der Waals surface area contributed by atoms with Crippen LogP contribution in [-0.4, -0.2) is 51.4 Å². The molecule has 2 atom stereocenters. The number of rotatable bonds is 2. The Morgan fingerprint density at radius 3 is 3.05 bits per heavy atom.